The zero-order valence-electron chi connectivity index (χ0n) is 35.2. The van der Waals surface area contributed by atoms with Crippen molar-refractivity contribution in [2.75, 3.05) is 0 Å². The number of hydrogen-bond acceptors (Lipinski definition) is 1. The lowest BCUT2D eigenvalue weighted by molar-refractivity contribution is -0.114. The lowest BCUT2D eigenvalue weighted by atomic mass is 9.68. The molecule has 0 aliphatic heterocycles. The van der Waals surface area contributed by atoms with E-state index >= 15 is 4.79 Å². The second-order valence-corrected chi connectivity index (χ2v) is 26.0. The monoisotopic (exact) mass is 872 g/mol. The van der Waals surface area contributed by atoms with E-state index in [0.717, 1.165) is 5.56 Å². The van der Waals surface area contributed by atoms with Gasteiger partial charge in [0.2, 0.25) is 5.24 Å². The van der Waals surface area contributed by atoms with E-state index in [2.05, 4.69) is 30.3 Å². The second-order valence-electron chi connectivity index (χ2n) is 25.6. The molecule has 0 unspecified atom stereocenters. The summed E-state index contributed by atoms with van der Waals surface area (Å²) in [5.41, 5.74) is 4.70. The lowest BCUT2D eigenvalue weighted by Crippen LogP contribution is -2.28. The van der Waals surface area contributed by atoms with E-state index in [1.807, 2.05) is 0 Å². The van der Waals surface area contributed by atoms with Gasteiger partial charge in [-0.05, 0) is 330 Å². The topological polar surface area (TPSA) is 17.1 Å². The van der Waals surface area contributed by atoms with Crippen LogP contribution in [0.25, 0.3) is 291 Å². The summed E-state index contributed by atoms with van der Waals surface area (Å²) < 4.78 is 0. The van der Waals surface area contributed by atoms with Crippen molar-refractivity contribution in [1.29, 1.82) is 0 Å². The molecular formula is C68H5ClO. The van der Waals surface area contributed by atoms with Gasteiger partial charge in [-0.2, -0.15) is 0 Å². The molecule has 290 valence electrons. The molecule has 5 aliphatic rings. The average molecular weight is 873 g/mol. The van der Waals surface area contributed by atoms with Crippen LogP contribution >= 0.6 is 11.6 Å². The quantitative estimate of drug-likeness (QED) is 0.125. The zero-order chi connectivity index (χ0) is 41.7. The Bertz CT molecular complexity index is 6880. The minimum atomic E-state index is -1.03. The van der Waals surface area contributed by atoms with E-state index in [0.29, 0.717) is 0 Å². The van der Waals surface area contributed by atoms with Crippen molar-refractivity contribution in [3.05, 3.63) is 58.1 Å². The molecule has 1 nitrogen and oxygen atoms in total. The summed E-state index contributed by atoms with van der Waals surface area (Å²) in [6, 6.07) is 11.2. The van der Waals surface area contributed by atoms with E-state index in [1.165, 1.54) is 108 Å². The van der Waals surface area contributed by atoms with Gasteiger partial charge in [0.1, 0.15) is 0 Å². The molecule has 0 amide bonds. The normalized spacial score (nSPS) is 24.3. The van der Waals surface area contributed by atoms with Crippen LogP contribution in [0.4, 0.5) is 0 Å². The number of halogens is 1. The van der Waals surface area contributed by atoms with E-state index in [9.17, 15) is 0 Å². The van der Waals surface area contributed by atoms with Gasteiger partial charge in [0, 0.05) is 0 Å². The summed E-state index contributed by atoms with van der Waals surface area (Å²) in [4.78, 5) is 16.4. The minimum absolute atomic E-state index is 0.159. The predicted molar refractivity (Wildman–Crippen MR) is 293 cm³/mol. The Labute approximate surface area is 384 Å². The molecule has 70 heavy (non-hydrogen) atoms. The Balaban J connectivity index is 1.20. The average Bonchev–Trinajstić information content (AvgIpc) is 4.40. The molecule has 34 rings (SSSR count). The third-order valence-corrected chi connectivity index (χ3v) is 26.2. The summed E-state index contributed by atoms with van der Waals surface area (Å²) in [5, 5.41) is 84.6. The van der Waals surface area contributed by atoms with Gasteiger partial charge in [-0.3, -0.25) is 4.79 Å². The fourth-order valence-electron chi connectivity index (χ4n) is 26.1. The molecule has 0 saturated heterocycles. The predicted octanol–water partition coefficient (Wildman–Crippen LogP) is 18.0. The highest BCUT2D eigenvalue weighted by molar-refractivity contribution is 6.83. The number of benzene rings is 19. The van der Waals surface area contributed by atoms with Gasteiger partial charge in [-0.1, -0.05) is 30.3 Å². The molecule has 0 N–H and O–H groups in total. The molecule has 0 aromatic heterocycles. The maximum absolute atomic E-state index is 16.4. The van der Waals surface area contributed by atoms with E-state index in [1.54, 1.807) is 205 Å². The first-order chi connectivity index (χ1) is 34.8. The molecule has 0 bridgehead atoms. The van der Waals surface area contributed by atoms with Crippen molar-refractivity contribution in [3.8, 4) is 0 Å². The van der Waals surface area contributed by atoms with Crippen molar-refractivity contribution in [2.24, 2.45) is 0 Å². The highest BCUT2D eigenvalue weighted by atomic mass is 35.5. The van der Waals surface area contributed by atoms with Crippen LogP contribution in [0.3, 0.4) is 0 Å². The molecule has 2 spiro atoms. The van der Waals surface area contributed by atoms with Crippen molar-refractivity contribution in [3.63, 3.8) is 0 Å². The lowest BCUT2D eigenvalue weighted by Gasteiger charge is -2.32. The highest BCUT2D eigenvalue weighted by Gasteiger charge is 2.97. The summed E-state index contributed by atoms with van der Waals surface area (Å²) in [7, 11) is 0. The number of rotatable bonds is 2. The third-order valence-electron chi connectivity index (χ3n) is 25.9. The van der Waals surface area contributed by atoms with Crippen molar-refractivity contribution >= 4 is 308 Å². The molecule has 1 saturated carbocycles. The Morgan fingerprint density at radius 2 is 0.371 bits per heavy atom. The van der Waals surface area contributed by atoms with Crippen LogP contribution in [0.2, 0.25) is 0 Å². The first kappa shape index (κ1) is 25.8. The van der Waals surface area contributed by atoms with Crippen LogP contribution in [0.15, 0.2) is 30.3 Å². The van der Waals surface area contributed by atoms with Gasteiger partial charge >= 0.3 is 0 Å². The smallest absolute Gasteiger partial charge is 0.234 e. The molecule has 2 heteroatoms. The van der Waals surface area contributed by atoms with Crippen LogP contribution < -0.4 is 0 Å². The van der Waals surface area contributed by atoms with E-state index in [4.69, 9.17) is 11.6 Å². The molecule has 29 aromatic carbocycles. The third kappa shape index (κ3) is 1.28. The first-order valence-corrected chi connectivity index (χ1v) is 26.2. The Kier molecular flexibility index (Phi) is 2.10. The van der Waals surface area contributed by atoms with Crippen LogP contribution in [0.1, 0.15) is 27.8 Å². The number of carbonyl (C=O) groups excluding carboxylic acids is 1. The van der Waals surface area contributed by atoms with E-state index in [-0.39, 0.29) is 5.24 Å². The Hall–Kier alpha value is -8.36. The summed E-state index contributed by atoms with van der Waals surface area (Å²) >= 11 is 7.97. The van der Waals surface area contributed by atoms with Gasteiger partial charge in [0.25, 0.3) is 0 Å². The number of carbonyl (C=O) groups is 1. The molecular weight excluding hydrogens is 868 g/mol. The maximum atomic E-state index is 16.4. The SMILES string of the molecule is O=C(Cl)C1(c2ccccc2)C23c4c5c6c7c8c9c(c%10c%11c2c2c4c4c%12c5c5c6c6c8c8c%13c9c9c%10c%10c%11c%11c2c2c4c4c%12c%12c5c5c6c8c6c8c%13c9c9c%10c%10c%11c2c2c4c4c%12c5c6c5c8c9c%10c2c45)C713. The molecule has 29 aromatic rings. The summed E-state index contributed by atoms with van der Waals surface area (Å²) in [6.45, 7) is 0. The van der Waals surface area contributed by atoms with Gasteiger partial charge < -0.3 is 0 Å². The maximum Gasteiger partial charge on any atom is 0.234 e. The van der Waals surface area contributed by atoms with Gasteiger partial charge in [-0.15, -0.1) is 0 Å². The van der Waals surface area contributed by atoms with Crippen LogP contribution in [0, 0.1) is 0 Å². The zero-order valence-corrected chi connectivity index (χ0v) is 35.9. The van der Waals surface area contributed by atoms with Crippen molar-refractivity contribution in [2.45, 2.75) is 16.2 Å². The fourth-order valence-corrected chi connectivity index (χ4v) is 26.5. The Morgan fingerprint density at radius 1 is 0.229 bits per heavy atom. The van der Waals surface area contributed by atoms with Crippen molar-refractivity contribution < 1.29 is 4.79 Å². The van der Waals surface area contributed by atoms with E-state index < -0.39 is 16.2 Å². The second kappa shape index (κ2) is 5.69. The molecule has 0 atom stereocenters. The van der Waals surface area contributed by atoms with Crippen LogP contribution in [0.5, 0.6) is 0 Å². The summed E-state index contributed by atoms with van der Waals surface area (Å²) in [6.07, 6.45) is 0. The minimum Gasteiger partial charge on any atom is -0.280 e. The fraction of sp³-hybridized carbons (Fsp3) is 0.0441. The molecule has 5 aliphatic carbocycles. The standard InChI is InChI=1S/C68H5ClO/c69-65(70)66(6-4-2-1-3-5-6)67-61-53-45-35-25-17-9-7-8-11-15-13(9)21-29-23(15)33-27-19(11)20-12(8)16-14-10(7)18(17)26-32-22(14)30-24(16)34-28(20)38-37(27)47-41(33)51-43(29)49(39(45)31(21)25)57(61)59(51)63-55(47)56-48(38)42(34)52-44(30)50-40(32)46(36(26)35)54(53)62(67)58(50)60(52)64(56)68(63,66)67/h1-5H. The van der Waals surface area contributed by atoms with Gasteiger partial charge in [0.05, 0.1) is 16.2 Å². The highest BCUT2D eigenvalue weighted by Crippen LogP contribution is 2.96. The van der Waals surface area contributed by atoms with Crippen LogP contribution in [-0.4, -0.2) is 5.24 Å². The Morgan fingerprint density at radius 3 is 0.514 bits per heavy atom. The van der Waals surface area contributed by atoms with Crippen LogP contribution in [-0.2, 0) is 21.0 Å². The van der Waals surface area contributed by atoms with Gasteiger partial charge in [0.15, 0.2) is 0 Å². The summed E-state index contributed by atoms with van der Waals surface area (Å²) in [5.74, 6) is 0. The largest absolute Gasteiger partial charge is 0.280 e. The molecule has 0 radical (unpaired) electrons. The van der Waals surface area contributed by atoms with Crippen molar-refractivity contribution in [1.82, 2.24) is 0 Å². The molecule has 1 fully saturated rings. The van der Waals surface area contributed by atoms with Gasteiger partial charge in [-0.25, -0.2) is 0 Å². The molecule has 0 heterocycles. The first-order valence-electron chi connectivity index (χ1n) is 25.8. The number of hydrogen-bond donors (Lipinski definition) is 0.